The second kappa shape index (κ2) is 4.54. The molecule has 0 saturated heterocycles. The smallest absolute Gasteiger partial charge is 0.221 e. The van der Waals surface area contributed by atoms with E-state index in [-0.39, 0.29) is 22.9 Å². The van der Waals surface area contributed by atoms with Gasteiger partial charge in [0.2, 0.25) is 5.91 Å². The molecule has 1 N–H and O–H groups in total. The average Bonchev–Trinajstić information content (AvgIpc) is 2.19. The summed E-state index contributed by atoms with van der Waals surface area (Å²) in [6.07, 6.45) is 0.375. The van der Waals surface area contributed by atoms with E-state index in [9.17, 15) is 14.0 Å². The quantitative estimate of drug-likeness (QED) is 0.772. The summed E-state index contributed by atoms with van der Waals surface area (Å²) in [7, 11) is 1.35. The highest BCUT2D eigenvalue weighted by Crippen LogP contribution is 2.27. The lowest BCUT2D eigenvalue weighted by Gasteiger charge is -2.09. The number of hydrogen-bond acceptors (Lipinski definition) is 3. The van der Waals surface area contributed by atoms with Crippen LogP contribution in [0, 0.1) is 5.82 Å². The van der Waals surface area contributed by atoms with Gasteiger partial charge in [0, 0.05) is 13.0 Å². The molecule has 0 aliphatic carbocycles. The topological polar surface area (TPSA) is 55.4 Å². The number of rotatable bonds is 3. The molecule has 4 nitrogen and oxygen atoms in total. The molecule has 0 unspecified atom stereocenters. The van der Waals surface area contributed by atoms with E-state index in [1.54, 1.807) is 0 Å². The van der Waals surface area contributed by atoms with Crippen LogP contribution in [-0.2, 0) is 4.79 Å². The maximum Gasteiger partial charge on any atom is 0.221 e. The van der Waals surface area contributed by atoms with Crippen LogP contribution in [0.5, 0.6) is 5.75 Å². The molecule has 15 heavy (non-hydrogen) atoms. The van der Waals surface area contributed by atoms with Gasteiger partial charge in [-0.25, -0.2) is 4.39 Å². The van der Waals surface area contributed by atoms with Crippen LogP contribution in [0.1, 0.15) is 17.3 Å². The number of benzene rings is 1. The first-order valence-electron chi connectivity index (χ1n) is 4.18. The summed E-state index contributed by atoms with van der Waals surface area (Å²) in [4.78, 5) is 21.3. The fourth-order valence-corrected chi connectivity index (χ4v) is 1.12. The van der Waals surface area contributed by atoms with E-state index in [1.807, 2.05) is 0 Å². The monoisotopic (exact) mass is 211 g/mol. The van der Waals surface area contributed by atoms with Crippen molar-refractivity contribution in [2.75, 3.05) is 12.4 Å². The molecule has 0 atom stereocenters. The zero-order chi connectivity index (χ0) is 11.4. The van der Waals surface area contributed by atoms with Crippen molar-refractivity contribution in [3.05, 3.63) is 23.5 Å². The predicted octanol–water partition coefficient (Wildman–Crippen LogP) is 1.61. The lowest BCUT2D eigenvalue weighted by Crippen LogP contribution is -2.08. The molecule has 5 heteroatoms. The number of amides is 1. The number of anilines is 1. The SMILES string of the molecule is COc1cc(F)c(C=O)cc1NC(C)=O. The molecule has 80 valence electrons. The van der Waals surface area contributed by atoms with E-state index in [1.165, 1.54) is 20.1 Å². The summed E-state index contributed by atoms with van der Waals surface area (Å²) in [6.45, 7) is 1.31. The van der Waals surface area contributed by atoms with Crippen LogP contribution >= 0.6 is 0 Å². The van der Waals surface area contributed by atoms with Gasteiger partial charge in [-0.15, -0.1) is 0 Å². The molecule has 0 saturated carbocycles. The minimum atomic E-state index is -0.684. The molecule has 1 amide bonds. The number of methoxy groups -OCH3 is 1. The van der Waals surface area contributed by atoms with Gasteiger partial charge in [0.05, 0.1) is 18.4 Å². The van der Waals surface area contributed by atoms with Crippen LogP contribution in [0.3, 0.4) is 0 Å². The number of carbonyl (C=O) groups is 2. The molecule has 0 aliphatic rings. The van der Waals surface area contributed by atoms with E-state index in [0.717, 1.165) is 6.07 Å². The summed E-state index contributed by atoms with van der Waals surface area (Å²) in [5, 5.41) is 2.44. The van der Waals surface area contributed by atoms with Gasteiger partial charge in [-0.3, -0.25) is 9.59 Å². The van der Waals surface area contributed by atoms with E-state index < -0.39 is 5.82 Å². The third-order valence-electron chi connectivity index (χ3n) is 1.76. The van der Waals surface area contributed by atoms with Crippen LogP contribution in [0.4, 0.5) is 10.1 Å². The lowest BCUT2D eigenvalue weighted by atomic mass is 10.2. The van der Waals surface area contributed by atoms with E-state index >= 15 is 0 Å². The van der Waals surface area contributed by atoms with Gasteiger partial charge in [0.25, 0.3) is 0 Å². The van der Waals surface area contributed by atoms with Crippen molar-refractivity contribution < 1.29 is 18.7 Å². The summed E-state index contributed by atoms with van der Waals surface area (Å²) in [6, 6.07) is 2.28. The highest BCUT2D eigenvalue weighted by Gasteiger charge is 2.10. The molecule has 0 aromatic heterocycles. The molecule has 0 heterocycles. The van der Waals surface area contributed by atoms with Crippen molar-refractivity contribution in [1.29, 1.82) is 0 Å². The Morgan fingerprint density at radius 3 is 2.67 bits per heavy atom. The van der Waals surface area contributed by atoms with Crippen LogP contribution in [0.15, 0.2) is 12.1 Å². The van der Waals surface area contributed by atoms with Crippen LogP contribution in [0.25, 0.3) is 0 Å². The number of aldehydes is 1. The molecule has 1 rings (SSSR count). The van der Waals surface area contributed by atoms with E-state index in [4.69, 9.17) is 4.74 Å². The maximum absolute atomic E-state index is 13.1. The summed E-state index contributed by atoms with van der Waals surface area (Å²) in [5.74, 6) is -0.832. The molecule has 0 fully saturated rings. The summed E-state index contributed by atoms with van der Waals surface area (Å²) >= 11 is 0. The van der Waals surface area contributed by atoms with Crippen molar-refractivity contribution in [2.24, 2.45) is 0 Å². The number of carbonyl (C=O) groups excluding carboxylic acids is 2. The molecule has 0 bridgehead atoms. The molecule has 0 spiro atoms. The Kier molecular flexibility index (Phi) is 3.38. The Balaban J connectivity index is 3.21. The number of nitrogens with one attached hydrogen (secondary N) is 1. The predicted molar refractivity (Wildman–Crippen MR) is 52.6 cm³/mol. The lowest BCUT2D eigenvalue weighted by molar-refractivity contribution is -0.114. The summed E-state index contributed by atoms with van der Waals surface area (Å²) in [5.41, 5.74) is 0.146. The number of halogens is 1. The second-order valence-electron chi connectivity index (χ2n) is 2.87. The first-order chi connectivity index (χ1) is 7.08. The third kappa shape index (κ3) is 2.52. The standard InChI is InChI=1S/C10H10FNO3/c1-6(14)12-9-3-7(5-13)8(11)4-10(9)15-2/h3-5H,1-2H3,(H,12,14). The zero-order valence-electron chi connectivity index (χ0n) is 8.33. The van der Waals surface area contributed by atoms with Gasteiger partial charge < -0.3 is 10.1 Å². The van der Waals surface area contributed by atoms with Gasteiger partial charge >= 0.3 is 0 Å². The van der Waals surface area contributed by atoms with Gasteiger partial charge in [0.15, 0.2) is 6.29 Å². The molecule has 0 radical (unpaired) electrons. The Hall–Kier alpha value is -1.91. The molecule has 1 aromatic rings. The Morgan fingerprint density at radius 1 is 1.53 bits per heavy atom. The van der Waals surface area contributed by atoms with E-state index in [2.05, 4.69) is 5.32 Å². The largest absolute Gasteiger partial charge is 0.494 e. The molecule has 1 aromatic carbocycles. The van der Waals surface area contributed by atoms with Gasteiger partial charge in [0.1, 0.15) is 11.6 Å². The highest BCUT2D eigenvalue weighted by atomic mass is 19.1. The minimum absolute atomic E-state index is 0.125. The molecular formula is C10H10FNO3. The van der Waals surface area contributed by atoms with Crippen molar-refractivity contribution in [3.8, 4) is 5.75 Å². The fraction of sp³-hybridized carbons (Fsp3) is 0.200. The molecular weight excluding hydrogens is 201 g/mol. The Morgan fingerprint density at radius 2 is 2.20 bits per heavy atom. The summed E-state index contributed by atoms with van der Waals surface area (Å²) < 4.78 is 18.0. The van der Waals surface area contributed by atoms with Crippen LogP contribution < -0.4 is 10.1 Å². The van der Waals surface area contributed by atoms with E-state index in [0.29, 0.717) is 6.29 Å². The number of ether oxygens (including phenoxy) is 1. The second-order valence-corrected chi connectivity index (χ2v) is 2.87. The minimum Gasteiger partial charge on any atom is -0.494 e. The average molecular weight is 211 g/mol. The highest BCUT2D eigenvalue weighted by molar-refractivity contribution is 5.92. The van der Waals surface area contributed by atoms with Gasteiger partial charge in [-0.1, -0.05) is 0 Å². The Labute approximate surface area is 86.0 Å². The number of hydrogen-bond donors (Lipinski definition) is 1. The zero-order valence-corrected chi connectivity index (χ0v) is 8.33. The van der Waals surface area contributed by atoms with Crippen molar-refractivity contribution in [1.82, 2.24) is 0 Å². The van der Waals surface area contributed by atoms with Gasteiger partial charge in [-0.05, 0) is 6.07 Å². The van der Waals surface area contributed by atoms with Crippen LogP contribution in [0.2, 0.25) is 0 Å². The fourth-order valence-electron chi connectivity index (χ4n) is 1.12. The maximum atomic E-state index is 13.1. The third-order valence-corrected chi connectivity index (χ3v) is 1.76. The van der Waals surface area contributed by atoms with Gasteiger partial charge in [-0.2, -0.15) is 0 Å². The normalized spacial score (nSPS) is 9.53. The Bertz CT molecular complexity index is 404. The first-order valence-corrected chi connectivity index (χ1v) is 4.18. The van der Waals surface area contributed by atoms with Crippen LogP contribution in [-0.4, -0.2) is 19.3 Å². The first kappa shape index (κ1) is 11.2. The van der Waals surface area contributed by atoms with Crippen molar-refractivity contribution in [2.45, 2.75) is 6.92 Å². The molecule has 0 aliphatic heterocycles. The van der Waals surface area contributed by atoms with Crippen molar-refractivity contribution >= 4 is 17.9 Å². The van der Waals surface area contributed by atoms with Crippen molar-refractivity contribution in [3.63, 3.8) is 0 Å².